The second-order valence-corrected chi connectivity index (χ2v) is 5.57. The molecule has 2 aromatic heterocycles. The van der Waals surface area contributed by atoms with Gasteiger partial charge in [-0.1, -0.05) is 29.8 Å². The molecule has 0 amide bonds. The maximum atomic E-state index is 4.42. The van der Waals surface area contributed by atoms with Crippen LogP contribution in [0.1, 0.15) is 31.0 Å². The van der Waals surface area contributed by atoms with Crippen molar-refractivity contribution >= 4 is 31.9 Å². The van der Waals surface area contributed by atoms with Crippen molar-refractivity contribution in [2.45, 2.75) is 25.1 Å². The van der Waals surface area contributed by atoms with Gasteiger partial charge in [0.25, 0.3) is 0 Å². The Kier molecular flexibility index (Phi) is 3.99. The van der Waals surface area contributed by atoms with Crippen LogP contribution in [-0.2, 0) is 5.33 Å². The van der Waals surface area contributed by atoms with Crippen LogP contribution in [0.15, 0.2) is 29.0 Å². The Balaban J connectivity index is 2.51. The van der Waals surface area contributed by atoms with Gasteiger partial charge in [0.05, 0.1) is 11.9 Å². The van der Waals surface area contributed by atoms with Gasteiger partial charge in [-0.25, -0.2) is 9.67 Å². The maximum absolute atomic E-state index is 4.42. The summed E-state index contributed by atoms with van der Waals surface area (Å²) in [5.74, 6) is 1.26. The lowest BCUT2D eigenvalue weighted by atomic mass is 10.1. The molecule has 0 aliphatic rings. The van der Waals surface area contributed by atoms with E-state index >= 15 is 0 Å². The van der Waals surface area contributed by atoms with Crippen LogP contribution in [0.3, 0.4) is 0 Å². The van der Waals surface area contributed by atoms with Gasteiger partial charge in [0.2, 0.25) is 0 Å². The summed E-state index contributed by atoms with van der Waals surface area (Å²) in [6.45, 7) is 4.33. The van der Waals surface area contributed by atoms with Gasteiger partial charge in [-0.2, -0.15) is 5.10 Å². The summed E-state index contributed by atoms with van der Waals surface area (Å²) in [4.78, 5) is 4.38. The Bertz CT molecular complexity index is 503. The molecular weight excluding hydrogens is 346 g/mol. The quantitative estimate of drug-likeness (QED) is 0.775. The molecule has 0 radical (unpaired) electrons. The average Bonchev–Trinajstić information content (AvgIpc) is 2.73. The van der Waals surface area contributed by atoms with Crippen molar-refractivity contribution in [3.63, 3.8) is 0 Å². The van der Waals surface area contributed by atoms with Crippen LogP contribution in [0.2, 0.25) is 0 Å². The summed E-state index contributed by atoms with van der Waals surface area (Å²) < 4.78 is 2.88. The molecule has 0 N–H and O–H groups in total. The molecule has 17 heavy (non-hydrogen) atoms. The van der Waals surface area contributed by atoms with E-state index in [9.17, 15) is 0 Å². The summed E-state index contributed by atoms with van der Waals surface area (Å²) >= 11 is 6.88. The zero-order chi connectivity index (χ0) is 12.4. The minimum absolute atomic E-state index is 0.412. The van der Waals surface area contributed by atoms with Crippen molar-refractivity contribution in [3.8, 4) is 5.82 Å². The van der Waals surface area contributed by atoms with Crippen molar-refractivity contribution in [1.82, 2.24) is 14.8 Å². The molecule has 5 heteroatoms. The third-order valence-electron chi connectivity index (χ3n) is 2.51. The van der Waals surface area contributed by atoms with Crippen LogP contribution in [0.5, 0.6) is 0 Å². The van der Waals surface area contributed by atoms with Crippen LogP contribution in [0.4, 0.5) is 0 Å². The molecule has 0 aliphatic carbocycles. The molecule has 2 rings (SSSR count). The average molecular weight is 359 g/mol. The summed E-state index contributed by atoms with van der Waals surface area (Å²) in [5, 5.41) is 5.23. The standard InChI is InChI=1S/C12H13Br2N3/c1-8(2)12-9(5-13)6-16-17(12)11-4-3-10(14)7-15-11/h3-4,6-8H,5H2,1-2H3. The van der Waals surface area contributed by atoms with E-state index in [1.807, 2.05) is 23.0 Å². The summed E-state index contributed by atoms with van der Waals surface area (Å²) in [6.07, 6.45) is 3.68. The number of hydrogen-bond acceptors (Lipinski definition) is 2. The molecule has 0 saturated carbocycles. The first-order valence-electron chi connectivity index (χ1n) is 5.38. The van der Waals surface area contributed by atoms with Crippen LogP contribution in [0.25, 0.3) is 5.82 Å². The molecule has 2 heterocycles. The van der Waals surface area contributed by atoms with Crippen molar-refractivity contribution in [2.75, 3.05) is 0 Å². The van der Waals surface area contributed by atoms with Crippen molar-refractivity contribution in [2.24, 2.45) is 0 Å². The maximum Gasteiger partial charge on any atom is 0.153 e. The van der Waals surface area contributed by atoms with E-state index in [1.54, 1.807) is 6.20 Å². The highest BCUT2D eigenvalue weighted by Crippen LogP contribution is 2.24. The van der Waals surface area contributed by atoms with E-state index in [0.29, 0.717) is 5.92 Å². The van der Waals surface area contributed by atoms with Crippen LogP contribution in [0, 0.1) is 0 Å². The monoisotopic (exact) mass is 357 g/mol. The number of rotatable bonds is 3. The van der Waals surface area contributed by atoms with Gasteiger partial charge >= 0.3 is 0 Å². The molecule has 90 valence electrons. The van der Waals surface area contributed by atoms with Crippen LogP contribution >= 0.6 is 31.9 Å². The molecule has 0 unspecified atom stereocenters. The number of nitrogens with zero attached hydrogens (tertiary/aromatic N) is 3. The Morgan fingerprint density at radius 1 is 1.29 bits per heavy atom. The van der Waals surface area contributed by atoms with Gasteiger partial charge in [0.15, 0.2) is 5.82 Å². The lowest BCUT2D eigenvalue weighted by molar-refractivity contribution is 0.717. The highest BCUT2D eigenvalue weighted by atomic mass is 79.9. The minimum atomic E-state index is 0.412. The van der Waals surface area contributed by atoms with Gasteiger partial charge in [-0.05, 0) is 34.0 Å². The van der Waals surface area contributed by atoms with E-state index in [4.69, 9.17) is 0 Å². The molecular formula is C12H13Br2N3. The number of aromatic nitrogens is 3. The second-order valence-electron chi connectivity index (χ2n) is 4.09. The molecule has 0 bridgehead atoms. The fourth-order valence-electron chi connectivity index (χ4n) is 1.79. The van der Waals surface area contributed by atoms with E-state index < -0.39 is 0 Å². The SMILES string of the molecule is CC(C)c1c(CBr)cnn1-c1ccc(Br)cn1. The molecule has 0 aromatic carbocycles. The Labute approximate surface area is 118 Å². The lowest BCUT2D eigenvalue weighted by Gasteiger charge is -2.11. The molecule has 0 saturated heterocycles. The summed E-state index contributed by atoms with van der Waals surface area (Å²) in [5.41, 5.74) is 2.42. The Morgan fingerprint density at radius 3 is 2.59 bits per heavy atom. The first kappa shape index (κ1) is 12.8. The number of halogens is 2. The smallest absolute Gasteiger partial charge is 0.153 e. The summed E-state index contributed by atoms with van der Waals surface area (Å²) in [6, 6.07) is 3.93. The second kappa shape index (κ2) is 5.31. The van der Waals surface area contributed by atoms with Gasteiger partial charge in [-0.15, -0.1) is 0 Å². The zero-order valence-electron chi connectivity index (χ0n) is 9.69. The third-order valence-corrected chi connectivity index (χ3v) is 3.58. The molecule has 0 spiro atoms. The third kappa shape index (κ3) is 2.60. The van der Waals surface area contributed by atoms with Crippen molar-refractivity contribution < 1.29 is 0 Å². The van der Waals surface area contributed by atoms with E-state index in [-0.39, 0.29) is 0 Å². The first-order valence-corrected chi connectivity index (χ1v) is 7.29. The van der Waals surface area contributed by atoms with Crippen molar-refractivity contribution in [1.29, 1.82) is 0 Å². The number of hydrogen-bond donors (Lipinski definition) is 0. The molecule has 2 aromatic rings. The van der Waals surface area contributed by atoms with Gasteiger partial charge in [0, 0.05) is 21.6 Å². The van der Waals surface area contributed by atoms with Crippen molar-refractivity contribution in [3.05, 3.63) is 40.3 Å². The topological polar surface area (TPSA) is 30.7 Å². The predicted octanol–water partition coefficient (Wildman–Crippen LogP) is 4.05. The van der Waals surface area contributed by atoms with E-state index in [1.165, 1.54) is 11.3 Å². The largest absolute Gasteiger partial charge is 0.236 e. The molecule has 0 aliphatic heterocycles. The Morgan fingerprint density at radius 2 is 2.06 bits per heavy atom. The van der Waals surface area contributed by atoms with Gasteiger partial charge in [-0.3, -0.25) is 0 Å². The number of alkyl halides is 1. The van der Waals surface area contributed by atoms with Gasteiger partial charge in [0.1, 0.15) is 0 Å². The Hall–Kier alpha value is -0.680. The fraction of sp³-hybridized carbons (Fsp3) is 0.333. The normalized spacial score (nSPS) is 11.1. The molecule has 3 nitrogen and oxygen atoms in total. The lowest BCUT2D eigenvalue weighted by Crippen LogP contribution is -2.06. The van der Waals surface area contributed by atoms with Gasteiger partial charge < -0.3 is 0 Å². The van der Waals surface area contributed by atoms with Crippen LogP contribution in [-0.4, -0.2) is 14.8 Å². The highest BCUT2D eigenvalue weighted by Gasteiger charge is 2.15. The molecule has 0 atom stereocenters. The number of pyridine rings is 1. The zero-order valence-corrected chi connectivity index (χ0v) is 12.9. The fourth-order valence-corrected chi connectivity index (χ4v) is 2.45. The van der Waals surface area contributed by atoms with Crippen LogP contribution < -0.4 is 0 Å². The van der Waals surface area contributed by atoms with E-state index in [2.05, 4.69) is 55.8 Å². The van der Waals surface area contributed by atoms with E-state index in [0.717, 1.165) is 15.6 Å². The highest BCUT2D eigenvalue weighted by molar-refractivity contribution is 9.10. The minimum Gasteiger partial charge on any atom is -0.236 e. The first-order chi connectivity index (χ1) is 8.13. The molecule has 0 fully saturated rings. The predicted molar refractivity (Wildman–Crippen MR) is 75.8 cm³/mol. The summed E-state index contributed by atoms with van der Waals surface area (Å²) in [7, 11) is 0.